The molecule has 0 radical (unpaired) electrons. The third-order valence-electron chi connectivity index (χ3n) is 2.34. The summed E-state index contributed by atoms with van der Waals surface area (Å²) >= 11 is 0. The van der Waals surface area contributed by atoms with Gasteiger partial charge in [-0.1, -0.05) is 0 Å². The molecule has 19 heavy (non-hydrogen) atoms. The summed E-state index contributed by atoms with van der Waals surface area (Å²) in [6, 6.07) is 0. The molecule has 1 saturated heterocycles. The fourth-order valence-electron chi connectivity index (χ4n) is 1.69. The Labute approximate surface area is 109 Å². The summed E-state index contributed by atoms with van der Waals surface area (Å²) in [6.07, 6.45) is -4.53. The first-order valence-corrected chi connectivity index (χ1v) is 5.62. The Morgan fingerprint density at radius 1 is 1.00 bits per heavy atom. The summed E-state index contributed by atoms with van der Waals surface area (Å²) in [5.41, 5.74) is 0. The van der Waals surface area contributed by atoms with Crippen LogP contribution in [0.2, 0.25) is 0 Å². The molecule has 0 amide bonds. The SMILES string of the molecule is CC(=O)OC[C@@H]1O[C@H](O)[C@@H](OC(C)=O)C1OC(C)=O. The van der Waals surface area contributed by atoms with Crippen molar-refractivity contribution in [2.45, 2.75) is 45.4 Å². The summed E-state index contributed by atoms with van der Waals surface area (Å²) in [7, 11) is 0. The number of carbonyl (C=O) groups excluding carboxylic acids is 3. The maximum absolute atomic E-state index is 11.0. The normalized spacial score (nSPS) is 29.7. The zero-order valence-corrected chi connectivity index (χ0v) is 10.8. The molecule has 0 aromatic carbocycles. The van der Waals surface area contributed by atoms with Gasteiger partial charge >= 0.3 is 17.9 Å². The standard InChI is InChI=1S/C11H16O8/c1-5(12)16-4-8-9(17-6(2)13)10(11(15)19-8)18-7(3)14/h8-11,15H,4H2,1-3H3/t8-,9?,10-,11-/m0/s1. The van der Waals surface area contributed by atoms with Gasteiger partial charge in [-0.3, -0.25) is 14.4 Å². The molecule has 8 heteroatoms. The van der Waals surface area contributed by atoms with Crippen LogP contribution in [0.4, 0.5) is 0 Å². The Hall–Kier alpha value is -1.67. The first kappa shape index (κ1) is 15.4. The smallest absolute Gasteiger partial charge is 0.303 e. The maximum Gasteiger partial charge on any atom is 0.303 e. The number of rotatable bonds is 4. The van der Waals surface area contributed by atoms with E-state index in [1.807, 2.05) is 0 Å². The topological polar surface area (TPSA) is 108 Å². The van der Waals surface area contributed by atoms with Gasteiger partial charge in [0.05, 0.1) is 0 Å². The molecule has 1 unspecified atom stereocenters. The number of ether oxygens (including phenoxy) is 4. The van der Waals surface area contributed by atoms with Crippen molar-refractivity contribution in [3.8, 4) is 0 Å². The van der Waals surface area contributed by atoms with Gasteiger partial charge in [-0.2, -0.15) is 0 Å². The molecule has 1 fully saturated rings. The molecule has 1 rings (SSSR count). The number of hydrogen-bond donors (Lipinski definition) is 1. The third kappa shape index (κ3) is 4.49. The molecule has 0 aliphatic carbocycles. The number of carbonyl (C=O) groups is 3. The third-order valence-corrected chi connectivity index (χ3v) is 2.34. The van der Waals surface area contributed by atoms with E-state index in [-0.39, 0.29) is 6.61 Å². The van der Waals surface area contributed by atoms with Gasteiger partial charge in [0.25, 0.3) is 0 Å². The molecule has 1 N–H and O–H groups in total. The summed E-state index contributed by atoms with van der Waals surface area (Å²) in [5, 5.41) is 9.63. The van der Waals surface area contributed by atoms with Crippen LogP contribution in [0.15, 0.2) is 0 Å². The van der Waals surface area contributed by atoms with Gasteiger partial charge in [-0.05, 0) is 0 Å². The average Bonchev–Trinajstić information content (AvgIpc) is 2.53. The molecule has 0 aromatic rings. The highest BCUT2D eigenvalue weighted by molar-refractivity contribution is 5.67. The van der Waals surface area contributed by atoms with Crippen molar-refractivity contribution in [2.75, 3.05) is 6.61 Å². The highest BCUT2D eigenvalue weighted by Gasteiger charge is 2.48. The van der Waals surface area contributed by atoms with Gasteiger partial charge in [0.15, 0.2) is 18.5 Å². The second kappa shape index (κ2) is 6.48. The monoisotopic (exact) mass is 276 g/mol. The highest BCUT2D eigenvalue weighted by Crippen LogP contribution is 2.26. The Balaban J connectivity index is 2.76. The average molecular weight is 276 g/mol. The molecule has 0 bridgehead atoms. The zero-order chi connectivity index (χ0) is 14.6. The Morgan fingerprint density at radius 2 is 1.53 bits per heavy atom. The molecule has 4 atom stereocenters. The van der Waals surface area contributed by atoms with Gasteiger partial charge in [0, 0.05) is 20.8 Å². The van der Waals surface area contributed by atoms with Crippen LogP contribution < -0.4 is 0 Å². The fourth-order valence-corrected chi connectivity index (χ4v) is 1.69. The second-order valence-electron chi connectivity index (χ2n) is 4.02. The van der Waals surface area contributed by atoms with E-state index in [2.05, 4.69) is 0 Å². The van der Waals surface area contributed by atoms with Crippen molar-refractivity contribution in [2.24, 2.45) is 0 Å². The Kier molecular flexibility index (Phi) is 5.25. The van der Waals surface area contributed by atoms with Crippen LogP contribution in [-0.2, 0) is 33.3 Å². The van der Waals surface area contributed by atoms with Crippen LogP contribution in [0.1, 0.15) is 20.8 Å². The van der Waals surface area contributed by atoms with Gasteiger partial charge in [-0.25, -0.2) is 0 Å². The van der Waals surface area contributed by atoms with E-state index in [0.717, 1.165) is 6.92 Å². The van der Waals surface area contributed by atoms with E-state index in [9.17, 15) is 19.5 Å². The zero-order valence-electron chi connectivity index (χ0n) is 10.8. The van der Waals surface area contributed by atoms with E-state index in [1.54, 1.807) is 0 Å². The van der Waals surface area contributed by atoms with Gasteiger partial charge < -0.3 is 24.1 Å². The second-order valence-corrected chi connectivity index (χ2v) is 4.02. The minimum absolute atomic E-state index is 0.220. The Bertz CT molecular complexity index is 366. The number of aliphatic hydroxyl groups excluding tert-OH is 1. The quantitative estimate of drug-likeness (QED) is 0.521. The van der Waals surface area contributed by atoms with Crippen LogP contribution in [0.5, 0.6) is 0 Å². The van der Waals surface area contributed by atoms with Crippen LogP contribution in [0, 0.1) is 0 Å². The molecule has 0 saturated carbocycles. The summed E-state index contributed by atoms with van der Waals surface area (Å²) in [5.74, 6) is -1.83. The minimum atomic E-state index is -1.45. The van der Waals surface area contributed by atoms with Crippen LogP contribution in [0.3, 0.4) is 0 Å². The largest absolute Gasteiger partial charge is 0.463 e. The van der Waals surface area contributed by atoms with E-state index in [0.29, 0.717) is 0 Å². The van der Waals surface area contributed by atoms with Crippen molar-refractivity contribution in [1.82, 2.24) is 0 Å². The van der Waals surface area contributed by atoms with Crippen LogP contribution in [-0.4, -0.2) is 54.2 Å². The van der Waals surface area contributed by atoms with Crippen molar-refractivity contribution < 1.29 is 38.4 Å². The molecular formula is C11H16O8. The lowest BCUT2D eigenvalue weighted by Gasteiger charge is -2.21. The van der Waals surface area contributed by atoms with E-state index >= 15 is 0 Å². The van der Waals surface area contributed by atoms with Crippen molar-refractivity contribution in [3.05, 3.63) is 0 Å². The molecule has 1 aliphatic heterocycles. The number of esters is 3. The van der Waals surface area contributed by atoms with E-state index in [1.165, 1.54) is 13.8 Å². The lowest BCUT2D eigenvalue weighted by Crippen LogP contribution is -2.41. The maximum atomic E-state index is 11.0. The minimum Gasteiger partial charge on any atom is -0.463 e. The van der Waals surface area contributed by atoms with Crippen molar-refractivity contribution >= 4 is 17.9 Å². The molecule has 0 aromatic heterocycles. The van der Waals surface area contributed by atoms with Crippen LogP contribution in [0.25, 0.3) is 0 Å². The van der Waals surface area contributed by atoms with Gasteiger partial charge in [-0.15, -0.1) is 0 Å². The summed E-state index contributed by atoms with van der Waals surface area (Å²) in [6.45, 7) is 3.30. The lowest BCUT2D eigenvalue weighted by atomic mass is 10.1. The predicted molar refractivity (Wildman–Crippen MR) is 58.6 cm³/mol. The Morgan fingerprint density at radius 3 is 2.00 bits per heavy atom. The number of aliphatic hydroxyl groups is 1. The molecule has 0 spiro atoms. The molecule has 1 heterocycles. The van der Waals surface area contributed by atoms with E-state index in [4.69, 9.17) is 18.9 Å². The van der Waals surface area contributed by atoms with Crippen molar-refractivity contribution in [1.29, 1.82) is 0 Å². The molecule has 1 aliphatic rings. The highest BCUT2D eigenvalue weighted by atomic mass is 16.7. The lowest BCUT2D eigenvalue weighted by molar-refractivity contribution is -0.174. The van der Waals surface area contributed by atoms with Gasteiger partial charge in [0.1, 0.15) is 12.7 Å². The van der Waals surface area contributed by atoms with Crippen molar-refractivity contribution in [3.63, 3.8) is 0 Å². The summed E-state index contributed by atoms with van der Waals surface area (Å²) < 4.78 is 19.6. The fraction of sp³-hybridized carbons (Fsp3) is 0.727. The molecule has 8 nitrogen and oxygen atoms in total. The van der Waals surface area contributed by atoms with E-state index < -0.39 is 42.5 Å². The number of hydrogen-bond acceptors (Lipinski definition) is 8. The first-order chi connectivity index (χ1) is 8.81. The summed E-state index contributed by atoms with van der Waals surface area (Å²) in [4.78, 5) is 32.7. The predicted octanol–water partition coefficient (Wildman–Crippen LogP) is -0.870. The molecule has 108 valence electrons. The molecular weight excluding hydrogens is 260 g/mol. The van der Waals surface area contributed by atoms with Gasteiger partial charge in [0.2, 0.25) is 0 Å². The van der Waals surface area contributed by atoms with Crippen LogP contribution >= 0.6 is 0 Å². The first-order valence-electron chi connectivity index (χ1n) is 5.62.